The van der Waals surface area contributed by atoms with Crippen molar-refractivity contribution in [1.29, 1.82) is 0 Å². The lowest BCUT2D eigenvalue weighted by molar-refractivity contribution is 0.812. The van der Waals surface area contributed by atoms with Gasteiger partial charge in [0.1, 0.15) is 5.82 Å². The number of aryl methyl sites for hydroxylation is 1. The SMILES string of the molecule is Cc1nc(CN)nn1-c1cccc(Cl)c1. The van der Waals surface area contributed by atoms with Crippen molar-refractivity contribution in [2.24, 2.45) is 5.73 Å². The predicted octanol–water partition coefficient (Wildman–Crippen LogP) is 1.69. The first-order chi connectivity index (χ1) is 7.20. The Hall–Kier alpha value is -1.39. The first-order valence-corrected chi connectivity index (χ1v) is 4.97. The molecule has 0 aliphatic heterocycles. The molecule has 0 bridgehead atoms. The van der Waals surface area contributed by atoms with Crippen molar-refractivity contribution >= 4 is 11.6 Å². The Bertz CT molecular complexity index is 478. The molecule has 0 radical (unpaired) electrons. The lowest BCUT2D eigenvalue weighted by Gasteiger charge is -2.02. The van der Waals surface area contributed by atoms with Gasteiger partial charge in [-0.25, -0.2) is 9.67 Å². The quantitative estimate of drug-likeness (QED) is 0.841. The fourth-order valence-corrected chi connectivity index (χ4v) is 1.57. The number of halogens is 1. The number of hydrogen-bond donors (Lipinski definition) is 1. The van der Waals surface area contributed by atoms with Crippen LogP contribution in [0.3, 0.4) is 0 Å². The molecule has 0 spiro atoms. The van der Waals surface area contributed by atoms with E-state index in [0.717, 1.165) is 11.5 Å². The highest BCUT2D eigenvalue weighted by atomic mass is 35.5. The second kappa shape index (κ2) is 4.00. The van der Waals surface area contributed by atoms with E-state index >= 15 is 0 Å². The Morgan fingerprint density at radius 2 is 2.27 bits per heavy atom. The predicted molar refractivity (Wildman–Crippen MR) is 59.0 cm³/mol. The highest BCUT2D eigenvalue weighted by Gasteiger charge is 2.06. The van der Waals surface area contributed by atoms with Crippen molar-refractivity contribution in [1.82, 2.24) is 14.8 Å². The van der Waals surface area contributed by atoms with Gasteiger partial charge in [0.15, 0.2) is 5.82 Å². The van der Waals surface area contributed by atoms with Gasteiger partial charge in [0.25, 0.3) is 0 Å². The molecule has 1 aromatic carbocycles. The van der Waals surface area contributed by atoms with Gasteiger partial charge >= 0.3 is 0 Å². The summed E-state index contributed by atoms with van der Waals surface area (Å²) in [5, 5.41) is 4.94. The molecule has 0 fully saturated rings. The van der Waals surface area contributed by atoms with Gasteiger partial charge in [0.05, 0.1) is 12.2 Å². The zero-order chi connectivity index (χ0) is 10.8. The molecule has 0 unspecified atom stereocenters. The Morgan fingerprint density at radius 3 is 2.87 bits per heavy atom. The van der Waals surface area contributed by atoms with E-state index in [1.165, 1.54) is 0 Å². The molecule has 0 saturated carbocycles. The summed E-state index contributed by atoms with van der Waals surface area (Å²) in [7, 11) is 0. The van der Waals surface area contributed by atoms with E-state index in [-0.39, 0.29) is 0 Å². The Morgan fingerprint density at radius 1 is 1.47 bits per heavy atom. The highest BCUT2D eigenvalue weighted by Crippen LogP contribution is 2.15. The maximum absolute atomic E-state index is 5.90. The standard InChI is InChI=1S/C10H11ClN4/c1-7-13-10(6-12)14-15(7)9-4-2-3-8(11)5-9/h2-5H,6,12H2,1H3. The largest absolute Gasteiger partial charge is 0.324 e. The number of nitrogens with zero attached hydrogens (tertiary/aromatic N) is 3. The van der Waals surface area contributed by atoms with Gasteiger partial charge in [-0.2, -0.15) is 0 Å². The summed E-state index contributed by atoms with van der Waals surface area (Å²) in [6.45, 7) is 2.22. The van der Waals surface area contributed by atoms with Gasteiger partial charge in [-0.05, 0) is 25.1 Å². The summed E-state index contributed by atoms with van der Waals surface area (Å²) in [5.74, 6) is 1.44. The summed E-state index contributed by atoms with van der Waals surface area (Å²) in [6.07, 6.45) is 0. The second-order valence-corrected chi connectivity index (χ2v) is 3.61. The molecule has 2 aromatic rings. The van der Waals surface area contributed by atoms with Crippen LogP contribution in [-0.2, 0) is 6.54 Å². The Labute approximate surface area is 92.7 Å². The minimum Gasteiger partial charge on any atom is -0.324 e. The van der Waals surface area contributed by atoms with Crippen LogP contribution in [-0.4, -0.2) is 14.8 Å². The lowest BCUT2D eigenvalue weighted by Crippen LogP contribution is -2.01. The summed E-state index contributed by atoms with van der Waals surface area (Å²) in [6, 6.07) is 7.46. The van der Waals surface area contributed by atoms with Gasteiger partial charge in [0.2, 0.25) is 0 Å². The van der Waals surface area contributed by atoms with E-state index in [2.05, 4.69) is 10.1 Å². The number of benzene rings is 1. The average molecular weight is 223 g/mol. The minimum atomic E-state index is 0.342. The van der Waals surface area contributed by atoms with Crippen LogP contribution in [0.1, 0.15) is 11.6 Å². The summed E-state index contributed by atoms with van der Waals surface area (Å²) in [5.41, 5.74) is 6.37. The summed E-state index contributed by atoms with van der Waals surface area (Å²) in [4.78, 5) is 4.22. The molecule has 0 atom stereocenters. The van der Waals surface area contributed by atoms with Crippen molar-refractivity contribution in [2.75, 3.05) is 0 Å². The number of rotatable bonds is 2. The molecule has 2 rings (SSSR count). The van der Waals surface area contributed by atoms with Crippen LogP contribution in [0, 0.1) is 6.92 Å². The molecule has 5 heteroatoms. The smallest absolute Gasteiger partial charge is 0.164 e. The van der Waals surface area contributed by atoms with Crippen molar-refractivity contribution in [3.63, 3.8) is 0 Å². The van der Waals surface area contributed by atoms with Crippen molar-refractivity contribution in [2.45, 2.75) is 13.5 Å². The van der Waals surface area contributed by atoms with Crippen LogP contribution in [0.15, 0.2) is 24.3 Å². The molecule has 1 aromatic heterocycles. The van der Waals surface area contributed by atoms with Crippen molar-refractivity contribution in [3.05, 3.63) is 40.9 Å². The molecule has 78 valence electrons. The van der Waals surface area contributed by atoms with Gasteiger partial charge in [0, 0.05) is 5.02 Å². The molecule has 1 heterocycles. The van der Waals surface area contributed by atoms with Gasteiger partial charge < -0.3 is 5.73 Å². The molecule has 0 aliphatic carbocycles. The third-order valence-electron chi connectivity index (χ3n) is 2.05. The fourth-order valence-electron chi connectivity index (χ4n) is 1.38. The van der Waals surface area contributed by atoms with E-state index in [0.29, 0.717) is 17.4 Å². The van der Waals surface area contributed by atoms with Crippen molar-refractivity contribution in [3.8, 4) is 5.69 Å². The van der Waals surface area contributed by atoms with Crippen LogP contribution in [0.5, 0.6) is 0 Å². The summed E-state index contributed by atoms with van der Waals surface area (Å²) < 4.78 is 1.73. The normalized spacial score (nSPS) is 10.6. The topological polar surface area (TPSA) is 56.7 Å². The number of hydrogen-bond acceptors (Lipinski definition) is 3. The van der Waals surface area contributed by atoms with Crippen LogP contribution in [0.2, 0.25) is 5.02 Å². The first kappa shape index (κ1) is 10.1. The van der Waals surface area contributed by atoms with Gasteiger partial charge in [-0.3, -0.25) is 0 Å². The molecule has 0 saturated heterocycles. The second-order valence-electron chi connectivity index (χ2n) is 3.17. The third-order valence-corrected chi connectivity index (χ3v) is 2.28. The third kappa shape index (κ3) is 2.00. The molecule has 15 heavy (non-hydrogen) atoms. The van der Waals surface area contributed by atoms with E-state index in [1.807, 2.05) is 31.2 Å². The van der Waals surface area contributed by atoms with Crippen LogP contribution in [0.4, 0.5) is 0 Å². The summed E-state index contributed by atoms with van der Waals surface area (Å²) >= 11 is 5.90. The van der Waals surface area contributed by atoms with E-state index in [1.54, 1.807) is 4.68 Å². The van der Waals surface area contributed by atoms with Gasteiger partial charge in [-0.15, -0.1) is 5.10 Å². The molecule has 0 amide bonds. The maximum Gasteiger partial charge on any atom is 0.164 e. The van der Waals surface area contributed by atoms with E-state index in [4.69, 9.17) is 17.3 Å². The van der Waals surface area contributed by atoms with Gasteiger partial charge in [-0.1, -0.05) is 17.7 Å². The highest BCUT2D eigenvalue weighted by molar-refractivity contribution is 6.30. The number of nitrogens with two attached hydrogens (primary N) is 1. The average Bonchev–Trinajstić information content (AvgIpc) is 2.60. The molecule has 4 nitrogen and oxygen atoms in total. The number of aromatic nitrogens is 3. The van der Waals surface area contributed by atoms with Crippen LogP contribution in [0.25, 0.3) is 5.69 Å². The lowest BCUT2D eigenvalue weighted by atomic mass is 10.3. The molecular formula is C10H11ClN4. The fraction of sp³-hybridized carbons (Fsp3) is 0.200. The molecule has 0 aliphatic rings. The van der Waals surface area contributed by atoms with Crippen LogP contribution < -0.4 is 5.73 Å². The zero-order valence-electron chi connectivity index (χ0n) is 8.31. The Kier molecular flexibility index (Phi) is 2.70. The van der Waals surface area contributed by atoms with Crippen molar-refractivity contribution < 1.29 is 0 Å². The maximum atomic E-state index is 5.90. The minimum absolute atomic E-state index is 0.342. The molecule has 2 N–H and O–H groups in total. The first-order valence-electron chi connectivity index (χ1n) is 4.59. The van der Waals surface area contributed by atoms with Crippen LogP contribution >= 0.6 is 11.6 Å². The zero-order valence-corrected chi connectivity index (χ0v) is 9.07. The monoisotopic (exact) mass is 222 g/mol. The molecular weight excluding hydrogens is 212 g/mol. The Balaban J connectivity index is 2.48. The van der Waals surface area contributed by atoms with E-state index in [9.17, 15) is 0 Å². The van der Waals surface area contributed by atoms with E-state index < -0.39 is 0 Å².